The number of hydrogen-bond donors (Lipinski definition) is 2. The molecule has 0 unspecified atom stereocenters. The molecule has 1 amide bonds. The fourth-order valence-electron chi connectivity index (χ4n) is 2.59. The number of carbonyl (C=O) groups excluding carboxylic acids is 1. The smallest absolute Gasteiger partial charge is 0.216 e. The average Bonchev–Trinajstić information content (AvgIpc) is 2.45. The summed E-state index contributed by atoms with van der Waals surface area (Å²) in [5, 5.41) is 12.0. The topological polar surface area (TPSA) is 52.6 Å². The fourth-order valence-corrected chi connectivity index (χ4v) is 2.59. The number of carbonyl (C=O) groups is 1. The van der Waals surface area contributed by atoms with Gasteiger partial charge >= 0.3 is 0 Å². The first-order valence-corrected chi connectivity index (χ1v) is 6.98. The first kappa shape index (κ1) is 14.8. The summed E-state index contributed by atoms with van der Waals surface area (Å²) in [4.78, 5) is 13.0. The van der Waals surface area contributed by atoms with Crippen LogP contribution in [0.3, 0.4) is 0 Å². The minimum atomic E-state index is -0.313. The average molecular weight is 280 g/mol. The van der Waals surface area contributed by atoms with E-state index in [2.05, 4.69) is 10.2 Å². The van der Waals surface area contributed by atoms with Crippen molar-refractivity contribution in [2.45, 2.75) is 26.4 Å². The molecule has 1 aliphatic rings. The Hall–Kier alpha value is -1.62. The first-order chi connectivity index (χ1) is 9.58. The highest BCUT2D eigenvalue weighted by atomic mass is 19.1. The molecule has 1 fully saturated rings. The molecule has 0 aliphatic carbocycles. The van der Waals surface area contributed by atoms with E-state index < -0.39 is 0 Å². The number of aliphatic hydroxyl groups excluding tert-OH is 1. The molecule has 20 heavy (non-hydrogen) atoms. The molecule has 1 saturated heterocycles. The van der Waals surface area contributed by atoms with Crippen LogP contribution in [0.15, 0.2) is 18.2 Å². The van der Waals surface area contributed by atoms with Gasteiger partial charge < -0.3 is 15.3 Å². The number of benzene rings is 1. The van der Waals surface area contributed by atoms with Gasteiger partial charge in [0.1, 0.15) is 5.82 Å². The van der Waals surface area contributed by atoms with Gasteiger partial charge in [-0.05, 0) is 42.5 Å². The van der Waals surface area contributed by atoms with Crippen molar-refractivity contribution in [3.8, 4) is 0 Å². The molecular formula is C15H21FN2O2. The highest BCUT2D eigenvalue weighted by Crippen LogP contribution is 2.25. The number of halogens is 1. The lowest BCUT2D eigenvalue weighted by atomic mass is 9.96. The Bertz CT molecular complexity index is 471. The van der Waals surface area contributed by atoms with Crippen LogP contribution in [0.5, 0.6) is 0 Å². The van der Waals surface area contributed by atoms with E-state index in [0.717, 1.165) is 31.6 Å². The molecule has 0 atom stereocenters. The third-order valence-electron chi connectivity index (χ3n) is 3.74. The maximum atomic E-state index is 13.5. The van der Waals surface area contributed by atoms with E-state index in [1.54, 1.807) is 0 Å². The number of rotatable bonds is 4. The van der Waals surface area contributed by atoms with Gasteiger partial charge in [0.25, 0.3) is 0 Å². The quantitative estimate of drug-likeness (QED) is 0.882. The molecule has 0 bridgehead atoms. The molecule has 0 saturated carbocycles. The second-order valence-corrected chi connectivity index (χ2v) is 5.34. The molecule has 2 N–H and O–H groups in total. The van der Waals surface area contributed by atoms with Gasteiger partial charge in [-0.25, -0.2) is 4.39 Å². The highest BCUT2D eigenvalue weighted by molar-refractivity contribution is 5.72. The monoisotopic (exact) mass is 280 g/mol. The van der Waals surface area contributed by atoms with Crippen LogP contribution in [0.25, 0.3) is 0 Å². The molecule has 2 rings (SSSR count). The summed E-state index contributed by atoms with van der Waals surface area (Å²) in [6.45, 7) is 3.79. The van der Waals surface area contributed by atoms with Gasteiger partial charge in [0.05, 0.1) is 6.61 Å². The summed E-state index contributed by atoms with van der Waals surface area (Å²) < 4.78 is 13.5. The lowest BCUT2D eigenvalue weighted by molar-refractivity contribution is -0.119. The summed E-state index contributed by atoms with van der Waals surface area (Å²) in [6.07, 6.45) is 1.95. The minimum Gasteiger partial charge on any atom is -0.392 e. The van der Waals surface area contributed by atoms with Crippen LogP contribution in [0.1, 0.15) is 25.3 Å². The Labute approximate surface area is 118 Å². The maximum Gasteiger partial charge on any atom is 0.216 e. The van der Waals surface area contributed by atoms with Gasteiger partial charge in [0, 0.05) is 32.2 Å². The zero-order valence-electron chi connectivity index (χ0n) is 11.7. The van der Waals surface area contributed by atoms with Crippen LogP contribution >= 0.6 is 0 Å². The molecule has 0 spiro atoms. The first-order valence-electron chi connectivity index (χ1n) is 6.98. The number of nitrogens with zero attached hydrogens (tertiary/aromatic N) is 1. The van der Waals surface area contributed by atoms with E-state index >= 15 is 0 Å². The van der Waals surface area contributed by atoms with E-state index in [1.807, 2.05) is 6.07 Å². The van der Waals surface area contributed by atoms with E-state index in [1.165, 1.54) is 19.1 Å². The zero-order chi connectivity index (χ0) is 14.5. The molecule has 1 heterocycles. The molecule has 5 heteroatoms. The van der Waals surface area contributed by atoms with E-state index in [-0.39, 0.29) is 18.3 Å². The van der Waals surface area contributed by atoms with Crippen LogP contribution in [-0.2, 0) is 11.4 Å². The normalized spacial score (nSPS) is 16.2. The van der Waals surface area contributed by atoms with Crippen LogP contribution in [0, 0.1) is 11.7 Å². The molecule has 1 aromatic carbocycles. The van der Waals surface area contributed by atoms with Crippen molar-refractivity contribution in [3.05, 3.63) is 29.6 Å². The standard InChI is InChI=1S/C15H21FN2O2/c1-11(20)17-9-12-2-4-18(5-3-12)15-7-13(10-19)6-14(16)8-15/h6-8,12,19H,2-5,9-10H2,1H3,(H,17,20). The lowest BCUT2D eigenvalue weighted by Crippen LogP contribution is -2.38. The summed E-state index contributed by atoms with van der Waals surface area (Å²) in [5.41, 5.74) is 1.42. The SMILES string of the molecule is CC(=O)NCC1CCN(c2cc(F)cc(CO)c2)CC1. The number of hydrogen-bond acceptors (Lipinski definition) is 3. The van der Waals surface area contributed by atoms with Crippen LogP contribution < -0.4 is 10.2 Å². The Morgan fingerprint density at radius 1 is 1.40 bits per heavy atom. The van der Waals surface area contributed by atoms with Crippen LogP contribution in [0.4, 0.5) is 10.1 Å². The predicted molar refractivity (Wildman–Crippen MR) is 75.9 cm³/mol. The molecule has 110 valence electrons. The molecule has 1 aliphatic heterocycles. The van der Waals surface area contributed by atoms with Gasteiger partial charge in [0.15, 0.2) is 0 Å². The number of aliphatic hydroxyl groups is 1. The van der Waals surface area contributed by atoms with Crippen molar-refractivity contribution < 1.29 is 14.3 Å². The molecule has 1 aromatic rings. The van der Waals surface area contributed by atoms with Gasteiger partial charge in [-0.2, -0.15) is 0 Å². The molecular weight excluding hydrogens is 259 g/mol. The second kappa shape index (κ2) is 6.70. The van der Waals surface area contributed by atoms with Gasteiger partial charge in [0.2, 0.25) is 5.91 Å². The van der Waals surface area contributed by atoms with Crippen molar-refractivity contribution in [3.63, 3.8) is 0 Å². The van der Waals surface area contributed by atoms with Gasteiger partial charge in [-0.15, -0.1) is 0 Å². The third kappa shape index (κ3) is 3.93. The van der Waals surface area contributed by atoms with Crippen molar-refractivity contribution in [1.29, 1.82) is 0 Å². The Morgan fingerprint density at radius 3 is 2.70 bits per heavy atom. The van der Waals surface area contributed by atoms with E-state index in [4.69, 9.17) is 5.11 Å². The summed E-state index contributed by atoms with van der Waals surface area (Å²) in [7, 11) is 0. The molecule has 0 radical (unpaired) electrons. The second-order valence-electron chi connectivity index (χ2n) is 5.34. The number of anilines is 1. The van der Waals surface area contributed by atoms with Crippen LogP contribution in [0.2, 0.25) is 0 Å². The van der Waals surface area contributed by atoms with Crippen molar-refractivity contribution in [1.82, 2.24) is 5.32 Å². The highest BCUT2D eigenvalue weighted by Gasteiger charge is 2.20. The van der Waals surface area contributed by atoms with E-state index in [9.17, 15) is 9.18 Å². The Morgan fingerprint density at radius 2 is 2.10 bits per heavy atom. The Balaban J connectivity index is 1.93. The van der Waals surface area contributed by atoms with Crippen molar-refractivity contribution >= 4 is 11.6 Å². The molecule has 4 nitrogen and oxygen atoms in total. The van der Waals surface area contributed by atoms with Crippen LogP contribution in [-0.4, -0.2) is 30.6 Å². The zero-order valence-corrected chi connectivity index (χ0v) is 11.7. The predicted octanol–water partition coefficient (Wildman–Crippen LogP) is 1.67. The summed E-state index contributed by atoms with van der Waals surface area (Å²) >= 11 is 0. The van der Waals surface area contributed by atoms with Crippen molar-refractivity contribution in [2.24, 2.45) is 5.92 Å². The summed E-state index contributed by atoms with van der Waals surface area (Å²) in [5.74, 6) is 0.179. The van der Waals surface area contributed by atoms with Gasteiger partial charge in [-0.1, -0.05) is 0 Å². The Kier molecular flexibility index (Phi) is 4.95. The number of piperidine rings is 1. The largest absolute Gasteiger partial charge is 0.392 e. The third-order valence-corrected chi connectivity index (χ3v) is 3.74. The summed E-state index contributed by atoms with van der Waals surface area (Å²) in [6, 6.07) is 4.69. The fraction of sp³-hybridized carbons (Fsp3) is 0.533. The van der Waals surface area contributed by atoms with Crippen molar-refractivity contribution in [2.75, 3.05) is 24.5 Å². The van der Waals surface area contributed by atoms with Gasteiger partial charge in [-0.3, -0.25) is 4.79 Å². The molecule has 0 aromatic heterocycles. The number of amides is 1. The number of nitrogens with one attached hydrogen (secondary N) is 1. The van der Waals surface area contributed by atoms with E-state index in [0.29, 0.717) is 18.0 Å². The lowest BCUT2D eigenvalue weighted by Gasteiger charge is -2.33. The minimum absolute atomic E-state index is 0.00477. The maximum absolute atomic E-state index is 13.5.